The number of benzene rings is 1. The second kappa shape index (κ2) is 11.9. The molecule has 2 rings (SSSR count). The van der Waals surface area contributed by atoms with E-state index in [-0.39, 0.29) is 0 Å². The van der Waals surface area contributed by atoms with E-state index in [1.54, 1.807) is 7.05 Å². The number of hydrogen-bond acceptors (Lipinski definition) is 4. The molecular formula is C20H34N4O2. The van der Waals surface area contributed by atoms with Crippen molar-refractivity contribution in [3.63, 3.8) is 0 Å². The molecule has 2 unspecified atom stereocenters. The van der Waals surface area contributed by atoms with Crippen molar-refractivity contribution in [2.75, 3.05) is 60.7 Å². The van der Waals surface area contributed by atoms with Crippen LogP contribution in [0, 0.1) is 5.92 Å². The van der Waals surface area contributed by atoms with E-state index in [0.717, 1.165) is 58.3 Å². The third kappa shape index (κ3) is 7.32. The second-order valence-electron chi connectivity index (χ2n) is 6.93. The predicted molar refractivity (Wildman–Crippen MR) is 107 cm³/mol. The molecule has 1 aromatic rings. The lowest BCUT2D eigenvalue weighted by Gasteiger charge is -2.26. The van der Waals surface area contributed by atoms with Crippen LogP contribution in [0.4, 0.5) is 0 Å². The van der Waals surface area contributed by atoms with Crippen molar-refractivity contribution in [1.82, 2.24) is 15.5 Å². The molecule has 2 atom stereocenters. The molecule has 26 heavy (non-hydrogen) atoms. The molecule has 0 aliphatic carbocycles. The summed E-state index contributed by atoms with van der Waals surface area (Å²) in [7, 11) is 6.00. The van der Waals surface area contributed by atoms with Crippen LogP contribution in [0.2, 0.25) is 0 Å². The van der Waals surface area contributed by atoms with E-state index in [9.17, 15) is 0 Å². The minimum Gasteiger partial charge on any atom is -0.381 e. The van der Waals surface area contributed by atoms with E-state index in [0.29, 0.717) is 12.0 Å². The number of hydrogen-bond donors (Lipinski definition) is 2. The highest BCUT2D eigenvalue weighted by Crippen LogP contribution is 2.16. The molecule has 146 valence electrons. The third-order valence-corrected chi connectivity index (χ3v) is 4.63. The molecule has 1 aromatic carbocycles. The summed E-state index contributed by atoms with van der Waals surface area (Å²) in [5.74, 6) is 1.41. The van der Waals surface area contributed by atoms with Gasteiger partial charge in [0.2, 0.25) is 0 Å². The van der Waals surface area contributed by atoms with Crippen LogP contribution >= 0.6 is 0 Å². The van der Waals surface area contributed by atoms with E-state index in [1.165, 1.54) is 5.56 Å². The second-order valence-corrected chi connectivity index (χ2v) is 6.93. The Balaban J connectivity index is 1.63. The summed E-state index contributed by atoms with van der Waals surface area (Å²) in [6.07, 6.45) is 2.09. The van der Waals surface area contributed by atoms with Crippen molar-refractivity contribution in [3.05, 3.63) is 35.9 Å². The molecule has 1 heterocycles. The van der Waals surface area contributed by atoms with Gasteiger partial charge in [0.1, 0.15) is 0 Å². The SMILES string of the molecule is CN=C(NCCCOCC1CCOC1)NCC(c1ccccc1)N(C)C. The smallest absolute Gasteiger partial charge is 0.191 e. The molecule has 0 bridgehead atoms. The highest BCUT2D eigenvalue weighted by Gasteiger charge is 2.15. The van der Waals surface area contributed by atoms with Gasteiger partial charge in [0.25, 0.3) is 0 Å². The molecule has 1 aliphatic heterocycles. The number of aliphatic imine (C=N–C) groups is 1. The summed E-state index contributed by atoms with van der Waals surface area (Å²) in [5, 5.41) is 6.78. The van der Waals surface area contributed by atoms with Crippen LogP contribution < -0.4 is 10.6 Å². The van der Waals surface area contributed by atoms with Crippen LogP contribution in [0.15, 0.2) is 35.3 Å². The molecule has 0 spiro atoms. The van der Waals surface area contributed by atoms with E-state index in [1.807, 2.05) is 6.07 Å². The van der Waals surface area contributed by atoms with Crippen molar-refractivity contribution in [1.29, 1.82) is 0 Å². The first-order chi connectivity index (χ1) is 12.7. The predicted octanol–water partition coefficient (Wildman–Crippen LogP) is 1.90. The Labute approximate surface area is 158 Å². The maximum absolute atomic E-state index is 5.73. The first-order valence-electron chi connectivity index (χ1n) is 9.52. The summed E-state index contributed by atoms with van der Waals surface area (Å²) >= 11 is 0. The average molecular weight is 363 g/mol. The Morgan fingerprint density at radius 2 is 2.12 bits per heavy atom. The van der Waals surface area contributed by atoms with Crippen LogP contribution in [0.5, 0.6) is 0 Å². The lowest BCUT2D eigenvalue weighted by Crippen LogP contribution is -2.42. The minimum atomic E-state index is 0.298. The minimum absolute atomic E-state index is 0.298. The number of nitrogens with one attached hydrogen (secondary N) is 2. The number of rotatable bonds is 10. The van der Waals surface area contributed by atoms with Crippen LogP contribution in [0.3, 0.4) is 0 Å². The standard InChI is InChI=1S/C20H34N4O2/c1-21-20(22-11-7-12-25-15-17-10-13-26-16-17)23-14-19(24(2)3)18-8-5-4-6-9-18/h4-6,8-9,17,19H,7,10-16H2,1-3H3,(H2,21,22,23). The van der Waals surface area contributed by atoms with E-state index >= 15 is 0 Å². The zero-order chi connectivity index (χ0) is 18.6. The summed E-state index contributed by atoms with van der Waals surface area (Å²) in [6.45, 7) is 4.96. The van der Waals surface area contributed by atoms with Gasteiger partial charge < -0.3 is 25.0 Å². The fourth-order valence-corrected chi connectivity index (χ4v) is 3.03. The average Bonchev–Trinajstić information content (AvgIpc) is 3.17. The summed E-state index contributed by atoms with van der Waals surface area (Å²) < 4.78 is 11.1. The monoisotopic (exact) mass is 362 g/mol. The number of ether oxygens (including phenoxy) is 2. The number of guanidine groups is 1. The first kappa shape index (κ1) is 20.7. The van der Waals surface area contributed by atoms with Gasteiger partial charge in [-0.3, -0.25) is 4.99 Å². The summed E-state index contributed by atoms with van der Waals surface area (Å²) in [5.41, 5.74) is 1.30. The zero-order valence-electron chi connectivity index (χ0n) is 16.4. The maximum atomic E-state index is 5.73. The van der Waals surface area contributed by atoms with E-state index in [4.69, 9.17) is 9.47 Å². The normalized spacial score (nSPS) is 18.9. The quantitative estimate of drug-likeness (QED) is 0.378. The highest BCUT2D eigenvalue weighted by atomic mass is 16.5. The maximum Gasteiger partial charge on any atom is 0.191 e. The van der Waals surface area contributed by atoms with Crippen molar-refractivity contribution in [2.24, 2.45) is 10.9 Å². The Hall–Kier alpha value is -1.63. The lowest BCUT2D eigenvalue weighted by molar-refractivity contribution is 0.0888. The fraction of sp³-hybridized carbons (Fsp3) is 0.650. The van der Waals surface area contributed by atoms with Crippen molar-refractivity contribution in [3.8, 4) is 0 Å². The molecule has 0 amide bonds. The molecule has 1 aliphatic rings. The molecule has 0 radical (unpaired) electrons. The summed E-state index contributed by atoms with van der Waals surface area (Å²) in [6, 6.07) is 10.8. The fourth-order valence-electron chi connectivity index (χ4n) is 3.03. The Morgan fingerprint density at radius 1 is 1.31 bits per heavy atom. The van der Waals surface area contributed by atoms with E-state index < -0.39 is 0 Å². The Bertz CT molecular complexity index is 516. The number of likely N-dealkylation sites (N-methyl/N-ethyl adjacent to an activating group) is 1. The third-order valence-electron chi connectivity index (χ3n) is 4.63. The van der Waals surface area contributed by atoms with Crippen LogP contribution in [0.1, 0.15) is 24.4 Å². The molecule has 0 aromatic heterocycles. The Morgan fingerprint density at radius 3 is 2.77 bits per heavy atom. The number of nitrogens with zero attached hydrogens (tertiary/aromatic N) is 2. The van der Waals surface area contributed by atoms with Crippen molar-refractivity contribution < 1.29 is 9.47 Å². The Kier molecular flexibility index (Phi) is 9.45. The van der Waals surface area contributed by atoms with Crippen LogP contribution in [-0.4, -0.2) is 71.5 Å². The van der Waals surface area contributed by atoms with Gasteiger partial charge in [-0.2, -0.15) is 0 Å². The topological polar surface area (TPSA) is 58.1 Å². The van der Waals surface area contributed by atoms with Gasteiger partial charge in [-0.25, -0.2) is 0 Å². The molecule has 2 N–H and O–H groups in total. The molecule has 6 nitrogen and oxygen atoms in total. The van der Waals surface area contributed by atoms with Gasteiger partial charge in [0.15, 0.2) is 5.96 Å². The largest absolute Gasteiger partial charge is 0.381 e. The molecule has 1 fully saturated rings. The summed E-state index contributed by atoms with van der Waals surface area (Å²) in [4.78, 5) is 6.53. The molecule has 1 saturated heterocycles. The molecule has 0 saturated carbocycles. The van der Waals surface area contributed by atoms with E-state index in [2.05, 4.69) is 58.9 Å². The van der Waals surface area contributed by atoms with Gasteiger partial charge in [-0.15, -0.1) is 0 Å². The zero-order valence-corrected chi connectivity index (χ0v) is 16.4. The van der Waals surface area contributed by atoms with Gasteiger partial charge in [0.05, 0.1) is 19.3 Å². The lowest BCUT2D eigenvalue weighted by atomic mass is 10.1. The van der Waals surface area contributed by atoms with Gasteiger partial charge >= 0.3 is 0 Å². The van der Waals surface area contributed by atoms with Gasteiger partial charge in [-0.05, 0) is 32.5 Å². The molecular weight excluding hydrogens is 328 g/mol. The molecule has 6 heteroatoms. The highest BCUT2D eigenvalue weighted by molar-refractivity contribution is 5.79. The van der Waals surface area contributed by atoms with Crippen molar-refractivity contribution >= 4 is 5.96 Å². The van der Waals surface area contributed by atoms with Gasteiger partial charge in [-0.1, -0.05) is 30.3 Å². The first-order valence-corrected chi connectivity index (χ1v) is 9.52. The van der Waals surface area contributed by atoms with Crippen LogP contribution in [-0.2, 0) is 9.47 Å². The van der Waals surface area contributed by atoms with Gasteiger partial charge in [0, 0.05) is 39.3 Å². The van der Waals surface area contributed by atoms with Crippen LogP contribution in [0.25, 0.3) is 0 Å². The van der Waals surface area contributed by atoms with Crippen molar-refractivity contribution in [2.45, 2.75) is 18.9 Å².